The molecule has 0 saturated carbocycles. The minimum absolute atomic E-state index is 0.00720. The lowest BCUT2D eigenvalue weighted by molar-refractivity contribution is -0.124. The van der Waals surface area contributed by atoms with Gasteiger partial charge in [-0.15, -0.1) is 0 Å². The number of hydrogen-bond donors (Lipinski definition) is 6. The quantitative estimate of drug-likeness (QED) is 0.232. The average molecular weight is 404 g/mol. The highest BCUT2D eigenvalue weighted by Crippen LogP contribution is 2.39. The van der Waals surface area contributed by atoms with E-state index in [0.29, 0.717) is 5.57 Å². The van der Waals surface area contributed by atoms with Crippen LogP contribution in [0.3, 0.4) is 0 Å². The fourth-order valence-corrected chi connectivity index (χ4v) is 3.01. The molecule has 0 bridgehead atoms. The van der Waals surface area contributed by atoms with Crippen molar-refractivity contribution in [3.8, 4) is 0 Å². The van der Waals surface area contributed by atoms with Gasteiger partial charge in [-0.25, -0.2) is 0 Å². The molecule has 1 rings (SSSR count). The van der Waals surface area contributed by atoms with Gasteiger partial charge < -0.3 is 31.9 Å². The molecule has 9 heteroatoms. The lowest BCUT2D eigenvalue weighted by Crippen LogP contribution is -2.63. The molecule has 1 aliphatic rings. The van der Waals surface area contributed by atoms with E-state index in [-0.39, 0.29) is 38.2 Å². The van der Waals surface area contributed by atoms with Crippen LogP contribution in [0.1, 0.15) is 6.42 Å². The Hall–Kier alpha value is -3.01. The van der Waals surface area contributed by atoms with Gasteiger partial charge >= 0.3 is 0 Å². The second-order valence-electron chi connectivity index (χ2n) is 6.43. The van der Waals surface area contributed by atoms with E-state index in [9.17, 15) is 24.6 Å². The van der Waals surface area contributed by atoms with E-state index >= 15 is 0 Å². The van der Waals surface area contributed by atoms with E-state index in [0.717, 1.165) is 18.2 Å². The molecule has 2 unspecified atom stereocenters. The number of rotatable bonds is 11. The average Bonchev–Trinajstić information content (AvgIpc) is 2.71. The second kappa shape index (κ2) is 10.5. The van der Waals surface area contributed by atoms with Crippen molar-refractivity contribution in [2.75, 3.05) is 26.2 Å². The normalized spacial score (nSPS) is 23.1. The first-order chi connectivity index (χ1) is 13.7. The van der Waals surface area contributed by atoms with Crippen molar-refractivity contribution in [1.29, 1.82) is 0 Å². The Morgan fingerprint density at radius 2 is 1.48 bits per heavy atom. The van der Waals surface area contributed by atoms with E-state index in [2.05, 4.69) is 35.7 Å². The number of nitrogens with one attached hydrogen (secondary N) is 3. The number of hydrogen-bond acceptors (Lipinski definition) is 6. The Balaban J connectivity index is 3.37. The molecule has 7 N–H and O–H groups in total. The molecule has 0 aromatic rings. The van der Waals surface area contributed by atoms with Gasteiger partial charge in [0.1, 0.15) is 11.2 Å². The van der Waals surface area contributed by atoms with Gasteiger partial charge in [-0.05, 0) is 48.4 Å². The van der Waals surface area contributed by atoms with Crippen LogP contribution in [0.25, 0.3) is 0 Å². The third kappa shape index (κ3) is 5.74. The molecule has 1 aliphatic carbocycles. The van der Waals surface area contributed by atoms with Gasteiger partial charge in [0.05, 0.1) is 6.54 Å². The summed E-state index contributed by atoms with van der Waals surface area (Å²) in [7, 11) is 0. The molecule has 0 saturated heterocycles. The highest BCUT2D eigenvalue weighted by atomic mass is 16.4. The van der Waals surface area contributed by atoms with Gasteiger partial charge in [0.25, 0.3) is 0 Å². The van der Waals surface area contributed by atoms with Crippen LogP contribution < -0.4 is 21.7 Å². The SMILES string of the molecule is C=CC(=O)NCC1=C(CNC(=O)C=C)C(O)(CCN)C(O)(CNC(=O)C=C)C=C1. The monoisotopic (exact) mass is 404 g/mol. The molecule has 0 aliphatic heterocycles. The lowest BCUT2D eigenvalue weighted by atomic mass is 9.69. The van der Waals surface area contributed by atoms with E-state index in [1.807, 2.05) is 0 Å². The van der Waals surface area contributed by atoms with Crippen LogP contribution >= 0.6 is 0 Å². The van der Waals surface area contributed by atoms with Crippen LogP contribution in [0.5, 0.6) is 0 Å². The van der Waals surface area contributed by atoms with Gasteiger partial charge in [0.2, 0.25) is 17.7 Å². The predicted molar refractivity (Wildman–Crippen MR) is 109 cm³/mol. The molecule has 0 radical (unpaired) electrons. The minimum atomic E-state index is -1.92. The largest absolute Gasteiger partial charge is 0.382 e. The Bertz CT molecular complexity index is 758. The molecule has 0 spiro atoms. The molecule has 158 valence electrons. The van der Waals surface area contributed by atoms with Crippen LogP contribution in [0, 0.1) is 0 Å². The van der Waals surface area contributed by atoms with Gasteiger partial charge in [-0.2, -0.15) is 0 Å². The summed E-state index contributed by atoms with van der Waals surface area (Å²) >= 11 is 0. The van der Waals surface area contributed by atoms with Gasteiger partial charge in [-0.3, -0.25) is 14.4 Å². The maximum atomic E-state index is 11.7. The van der Waals surface area contributed by atoms with Gasteiger partial charge in [-0.1, -0.05) is 25.8 Å². The molecule has 0 aromatic carbocycles. The van der Waals surface area contributed by atoms with Gasteiger partial charge in [0.15, 0.2) is 0 Å². The number of nitrogens with two attached hydrogens (primary N) is 1. The van der Waals surface area contributed by atoms with Crippen molar-refractivity contribution in [1.82, 2.24) is 16.0 Å². The Morgan fingerprint density at radius 3 is 2.00 bits per heavy atom. The first-order valence-corrected chi connectivity index (χ1v) is 8.94. The first-order valence-electron chi connectivity index (χ1n) is 8.94. The zero-order chi connectivity index (χ0) is 22.1. The third-order valence-corrected chi connectivity index (χ3v) is 4.65. The van der Waals surface area contributed by atoms with Crippen molar-refractivity contribution < 1.29 is 24.6 Å². The summed E-state index contributed by atoms with van der Waals surface area (Å²) in [5.74, 6) is -1.45. The topological polar surface area (TPSA) is 154 Å². The number of aliphatic hydroxyl groups is 2. The highest BCUT2D eigenvalue weighted by molar-refractivity contribution is 5.88. The third-order valence-electron chi connectivity index (χ3n) is 4.65. The summed E-state index contributed by atoms with van der Waals surface area (Å²) in [5.41, 5.74) is 2.56. The number of carbonyl (C=O) groups is 3. The van der Waals surface area contributed by atoms with Crippen molar-refractivity contribution in [3.05, 3.63) is 61.3 Å². The lowest BCUT2D eigenvalue weighted by Gasteiger charge is -2.46. The standard InChI is InChI=1S/C20H28N4O5/c1-4-16(25)22-11-14-7-8-19(28,13-24-18(27)6-3)20(29,9-10-21)15(14)12-23-17(26)5-2/h4-8,28-29H,1-3,9-13,21H2,(H,22,25)(H,23,26)(H,24,27). The van der Waals surface area contributed by atoms with Crippen molar-refractivity contribution >= 4 is 17.7 Å². The molecule has 0 aromatic heterocycles. The van der Waals surface area contributed by atoms with Crippen molar-refractivity contribution in [3.63, 3.8) is 0 Å². The van der Waals surface area contributed by atoms with E-state index in [1.165, 1.54) is 12.2 Å². The summed E-state index contributed by atoms with van der Waals surface area (Å²) in [4.78, 5) is 34.8. The van der Waals surface area contributed by atoms with Crippen LogP contribution in [-0.2, 0) is 14.4 Å². The minimum Gasteiger partial charge on any atom is -0.382 e. The maximum Gasteiger partial charge on any atom is 0.243 e. The first kappa shape index (κ1) is 24.0. The molecule has 0 fully saturated rings. The van der Waals surface area contributed by atoms with E-state index in [1.54, 1.807) is 0 Å². The van der Waals surface area contributed by atoms with Crippen LogP contribution in [0.2, 0.25) is 0 Å². The number of carbonyl (C=O) groups excluding carboxylic acids is 3. The predicted octanol–water partition coefficient (Wildman–Crippen LogP) is -1.43. The molecule has 2 atom stereocenters. The summed E-state index contributed by atoms with van der Waals surface area (Å²) < 4.78 is 0. The van der Waals surface area contributed by atoms with Crippen molar-refractivity contribution in [2.24, 2.45) is 5.73 Å². The zero-order valence-corrected chi connectivity index (χ0v) is 16.2. The molecule has 29 heavy (non-hydrogen) atoms. The second-order valence-corrected chi connectivity index (χ2v) is 6.43. The molecular weight excluding hydrogens is 376 g/mol. The Kier molecular flexibility index (Phi) is 8.71. The van der Waals surface area contributed by atoms with E-state index in [4.69, 9.17) is 5.73 Å². The summed E-state index contributed by atoms with van der Waals surface area (Å²) in [6.07, 6.45) is 5.98. The fraction of sp³-hybridized carbons (Fsp3) is 0.350. The molecular formula is C20H28N4O5. The highest BCUT2D eigenvalue weighted by Gasteiger charge is 2.52. The summed E-state index contributed by atoms with van der Waals surface area (Å²) in [6, 6.07) is 0. The van der Waals surface area contributed by atoms with Crippen molar-refractivity contribution in [2.45, 2.75) is 17.6 Å². The zero-order valence-electron chi connectivity index (χ0n) is 16.2. The Morgan fingerprint density at radius 1 is 0.966 bits per heavy atom. The molecule has 3 amide bonds. The fourth-order valence-electron chi connectivity index (χ4n) is 3.01. The van der Waals surface area contributed by atoms with Crippen LogP contribution in [-0.4, -0.2) is 65.3 Å². The Labute approximate surface area is 169 Å². The summed E-state index contributed by atoms with van der Waals surface area (Å²) in [5, 5.41) is 30.3. The molecule has 0 heterocycles. The van der Waals surface area contributed by atoms with Crippen LogP contribution in [0.15, 0.2) is 61.3 Å². The molecule has 9 nitrogen and oxygen atoms in total. The summed E-state index contributed by atoms with van der Waals surface area (Å²) in [6.45, 7) is 9.66. The van der Waals surface area contributed by atoms with Crippen LogP contribution in [0.4, 0.5) is 0 Å². The maximum absolute atomic E-state index is 11.7. The van der Waals surface area contributed by atoms with Gasteiger partial charge in [0, 0.05) is 13.1 Å². The van der Waals surface area contributed by atoms with E-state index < -0.39 is 28.9 Å². The smallest absolute Gasteiger partial charge is 0.243 e. The number of amides is 3.